The smallest absolute Gasteiger partial charge is 0.253 e. The number of carbonyl (C=O) groups excluding carboxylic acids is 1. The van der Waals surface area contributed by atoms with E-state index in [0.717, 1.165) is 10.9 Å². The van der Waals surface area contributed by atoms with Crippen LogP contribution in [-0.2, 0) is 17.9 Å². The summed E-state index contributed by atoms with van der Waals surface area (Å²) in [6.07, 6.45) is 0. The van der Waals surface area contributed by atoms with Crippen LogP contribution in [0.15, 0.2) is 53.3 Å². The second kappa shape index (κ2) is 7.15. The van der Waals surface area contributed by atoms with Gasteiger partial charge in [-0.1, -0.05) is 30.3 Å². The number of pyridine rings is 1. The van der Waals surface area contributed by atoms with Crippen LogP contribution in [0.4, 0.5) is 0 Å². The molecule has 6 heteroatoms. The maximum absolute atomic E-state index is 12.5. The molecule has 0 atom stereocenters. The van der Waals surface area contributed by atoms with Gasteiger partial charge in [0, 0.05) is 30.5 Å². The van der Waals surface area contributed by atoms with E-state index in [1.54, 1.807) is 11.0 Å². The van der Waals surface area contributed by atoms with Gasteiger partial charge in [-0.25, -0.2) is 0 Å². The van der Waals surface area contributed by atoms with Crippen LogP contribution in [0.1, 0.15) is 18.1 Å². The van der Waals surface area contributed by atoms with E-state index in [4.69, 9.17) is 9.47 Å². The summed E-state index contributed by atoms with van der Waals surface area (Å²) in [5.41, 5.74) is 2.03. The number of aromatic amines is 1. The zero-order valence-corrected chi connectivity index (χ0v) is 15.0. The predicted octanol–water partition coefficient (Wildman–Crippen LogP) is 2.85. The van der Waals surface area contributed by atoms with E-state index in [1.165, 1.54) is 6.92 Å². The van der Waals surface area contributed by atoms with Gasteiger partial charge in [0.2, 0.25) is 5.91 Å². The van der Waals surface area contributed by atoms with Gasteiger partial charge < -0.3 is 19.4 Å². The van der Waals surface area contributed by atoms with Crippen molar-refractivity contribution in [2.75, 3.05) is 13.2 Å². The molecule has 0 bridgehead atoms. The molecule has 3 aromatic rings. The third-order valence-corrected chi connectivity index (χ3v) is 4.61. The summed E-state index contributed by atoms with van der Waals surface area (Å²) in [5.74, 6) is 1.21. The molecule has 0 saturated heterocycles. The Morgan fingerprint density at radius 2 is 1.74 bits per heavy atom. The predicted molar refractivity (Wildman–Crippen MR) is 102 cm³/mol. The van der Waals surface area contributed by atoms with Gasteiger partial charge >= 0.3 is 0 Å². The summed E-state index contributed by atoms with van der Waals surface area (Å²) in [4.78, 5) is 29.2. The first kappa shape index (κ1) is 17.1. The summed E-state index contributed by atoms with van der Waals surface area (Å²) >= 11 is 0. The number of nitrogens with one attached hydrogen (secondary N) is 1. The lowest BCUT2D eigenvalue weighted by Crippen LogP contribution is -2.30. The van der Waals surface area contributed by atoms with Crippen LogP contribution in [0, 0.1) is 0 Å². The van der Waals surface area contributed by atoms with E-state index < -0.39 is 0 Å². The summed E-state index contributed by atoms with van der Waals surface area (Å²) in [6.45, 7) is 3.20. The number of benzene rings is 2. The Morgan fingerprint density at radius 3 is 2.44 bits per heavy atom. The lowest BCUT2D eigenvalue weighted by Gasteiger charge is -2.22. The zero-order valence-electron chi connectivity index (χ0n) is 15.0. The monoisotopic (exact) mass is 364 g/mol. The highest BCUT2D eigenvalue weighted by molar-refractivity contribution is 5.83. The third kappa shape index (κ3) is 3.65. The quantitative estimate of drug-likeness (QED) is 0.773. The minimum absolute atomic E-state index is 0.0828. The minimum atomic E-state index is -0.210. The Bertz CT molecular complexity index is 1040. The average Bonchev–Trinajstić information content (AvgIpc) is 2.67. The fourth-order valence-electron chi connectivity index (χ4n) is 3.19. The first-order valence-electron chi connectivity index (χ1n) is 8.85. The average molecular weight is 364 g/mol. The van der Waals surface area contributed by atoms with E-state index in [0.29, 0.717) is 42.3 Å². The topological polar surface area (TPSA) is 71.6 Å². The van der Waals surface area contributed by atoms with E-state index in [-0.39, 0.29) is 18.0 Å². The lowest BCUT2D eigenvalue weighted by molar-refractivity contribution is -0.130. The number of hydrogen-bond acceptors (Lipinski definition) is 4. The number of H-pyrrole nitrogens is 1. The Balaban J connectivity index is 1.66. The molecule has 0 aliphatic carbocycles. The minimum Gasteiger partial charge on any atom is -0.486 e. The van der Waals surface area contributed by atoms with Gasteiger partial charge in [-0.05, 0) is 17.7 Å². The molecule has 0 spiro atoms. The molecule has 1 aliphatic heterocycles. The van der Waals surface area contributed by atoms with Crippen LogP contribution >= 0.6 is 0 Å². The van der Waals surface area contributed by atoms with Crippen molar-refractivity contribution in [3.63, 3.8) is 0 Å². The van der Waals surface area contributed by atoms with Crippen molar-refractivity contribution in [1.29, 1.82) is 0 Å². The van der Waals surface area contributed by atoms with Crippen molar-refractivity contribution in [1.82, 2.24) is 9.88 Å². The highest BCUT2D eigenvalue weighted by Gasteiger charge is 2.16. The molecule has 1 aliphatic rings. The first-order valence-corrected chi connectivity index (χ1v) is 8.85. The molecule has 0 saturated carbocycles. The van der Waals surface area contributed by atoms with Gasteiger partial charge in [0.15, 0.2) is 11.5 Å². The highest BCUT2D eigenvalue weighted by atomic mass is 16.6. The van der Waals surface area contributed by atoms with Crippen LogP contribution in [0.25, 0.3) is 10.9 Å². The molecule has 0 unspecified atom stereocenters. The van der Waals surface area contributed by atoms with E-state index in [9.17, 15) is 9.59 Å². The van der Waals surface area contributed by atoms with Crippen molar-refractivity contribution < 1.29 is 14.3 Å². The summed E-state index contributed by atoms with van der Waals surface area (Å²) in [5, 5.41) is 0.845. The largest absolute Gasteiger partial charge is 0.486 e. The lowest BCUT2D eigenvalue weighted by atomic mass is 10.1. The molecule has 1 amide bonds. The summed E-state index contributed by atoms with van der Waals surface area (Å²) in [7, 11) is 0. The highest BCUT2D eigenvalue weighted by Crippen LogP contribution is 2.33. The van der Waals surface area contributed by atoms with Gasteiger partial charge in [0.05, 0.1) is 12.1 Å². The van der Waals surface area contributed by atoms with Gasteiger partial charge in [-0.15, -0.1) is 0 Å². The number of nitrogens with zero attached hydrogens (tertiary/aromatic N) is 1. The fraction of sp³-hybridized carbons (Fsp3) is 0.238. The maximum Gasteiger partial charge on any atom is 0.253 e. The van der Waals surface area contributed by atoms with Gasteiger partial charge in [-0.2, -0.15) is 0 Å². The molecule has 0 radical (unpaired) electrons. The van der Waals surface area contributed by atoms with Gasteiger partial charge in [0.1, 0.15) is 13.2 Å². The molecular weight excluding hydrogens is 344 g/mol. The second-order valence-corrected chi connectivity index (χ2v) is 6.57. The third-order valence-electron chi connectivity index (χ3n) is 4.61. The van der Waals surface area contributed by atoms with E-state index in [2.05, 4.69) is 4.98 Å². The molecular formula is C21H20N2O4. The van der Waals surface area contributed by atoms with Crippen LogP contribution in [-0.4, -0.2) is 29.0 Å². The molecule has 27 heavy (non-hydrogen) atoms. The zero-order chi connectivity index (χ0) is 18.8. The number of amides is 1. The molecule has 4 rings (SSSR count). The molecule has 138 valence electrons. The number of hydrogen-bond donors (Lipinski definition) is 1. The molecule has 1 aromatic heterocycles. The van der Waals surface area contributed by atoms with Crippen LogP contribution in [0.3, 0.4) is 0 Å². The Hall–Kier alpha value is -3.28. The number of aromatic nitrogens is 1. The van der Waals surface area contributed by atoms with Gasteiger partial charge in [0.25, 0.3) is 5.56 Å². The molecule has 2 aromatic carbocycles. The first-order chi connectivity index (χ1) is 13.1. The normalized spacial score (nSPS) is 12.8. The van der Waals surface area contributed by atoms with Crippen molar-refractivity contribution in [2.24, 2.45) is 0 Å². The second-order valence-electron chi connectivity index (χ2n) is 6.57. The van der Waals surface area contributed by atoms with Crippen LogP contribution in [0.5, 0.6) is 11.5 Å². The molecule has 0 fully saturated rings. The Morgan fingerprint density at radius 1 is 1.04 bits per heavy atom. The van der Waals surface area contributed by atoms with E-state index >= 15 is 0 Å². The van der Waals surface area contributed by atoms with Crippen molar-refractivity contribution in [3.8, 4) is 11.5 Å². The SMILES string of the molecule is CC(=O)N(Cc1ccccc1)Cc1cc2cc3c(cc2[nH]c1=O)OCCO3. The van der Waals surface area contributed by atoms with Gasteiger partial charge in [-0.3, -0.25) is 9.59 Å². The maximum atomic E-state index is 12.5. The van der Waals surface area contributed by atoms with Crippen molar-refractivity contribution in [3.05, 3.63) is 70.0 Å². The van der Waals surface area contributed by atoms with Crippen LogP contribution < -0.4 is 15.0 Å². The van der Waals surface area contributed by atoms with Crippen molar-refractivity contribution in [2.45, 2.75) is 20.0 Å². The summed E-state index contributed by atoms with van der Waals surface area (Å²) < 4.78 is 11.2. The fourth-order valence-corrected chi connectivity index (χ4v) is 3.19. The standard InChI is InChI=1S/C21H20N2O4/c1-14(24)23(12-15-5-3-2-4-6-15)13-17-9-16-10-19-20(27-8-7-26-19)11-18(16)22-21(17)25/h2-6,9-11H,7-8,12-13H2,1H3,(H,22,25). The Labute approximate surface area is 156 Å². The number of rotatable bonds is 4. The molecule has 6 nitrogen and oxygen atoms in total. The summed E-state index contributed by atoms with van der Waals surface area (Å²) in [6, 6.07) is 15.2. The van der Waals surface area contributed by atoms with Crippen LogP contribution in [0.2, 0.25) is 0 Å². The molecule has 1 N–H and O–H groups in total. The number of carbonyl (C=O) groups is 1. The van der Waals surface area contributed by atoms with Crippen molar-refractivity contribution >= 4 is 16.8 Å². The molecule has 2 heterocycles. The number of fused-ring (bicyclic) bond motifs is 2. The Kier molecular flexibility index (Phi) is 4.54. The number of ether oxygens (including phenoxy) is 2. The van der Waals surface area contributed by atoms with E-state index in [1.807, 2.05) is 42.5 Å².